The number of hydrogen-bond donors (Lipinski definition) is 0. The Bertz CT molecular complexity index is 870. The van der Waals surface area contributed by atoms with E-state index >= 15 is 0 Å². The zero-order valence-electron chi connectivity index (χ0n) is 17.0. The highest BCUT2D eigenvalue weighted by molar-refractivity contribution is 5.81. The third kappa shape index (κ3) is 4.61. The number of amides is 2. The van der Waals surface area contributed by atoms with Crippen LogP contribution in [0, 0.1) is 12.8 Å². The molecule has 5 nitrogen and oxygen atoms in total. The molecule has 2 aromatic carbocycles. The Hall–Kier alpha value is -2.82. The van der Waals surface area contributed by atoms with Crippen molar-refractivity contribution in [2.75, 3.05) is 26.2 Å². The van der Waals surface area contributed by atoms with Crippen molar-refractivity contribution in [2.45, 2.75) is 32.7 Å². The predicted molar refractivity (Wildman–Crippen MR) is 112 cm³/mol. The number of aryl methyl sites for hydroxylation is 1. The summed E-state index contributed by atoms with van der Waals surface area (Å²) in [5, 5.41) is 0. The maximum absolute atomic E-state index is 13.0. The minimum absolute atomic E-state index is 0.0108. The quantitative estimate of drug-likeness (QED) is 0.803. The van der Waals surface area contributed by atoms with Gasteiger partial charge in [0.2, 0.25) is 5.91 Å². The van der Waals surface area contributed by atoms with Gasteiger partial charge in [-0.2, -0.15) is 0 Å². The predicted octanol–water partition coefficient (Wildman–Crippen LogP) is 3.20. The summed E-state index contributed by atoms with van der Waals surface area (Å²) in [5.41, 5.74) is 3.77. The molecular weight excluding hydrogens is 364 g/mol. The van der Waals surface area contributed by atoms with Gasteiger partial charge in [0, 0.05) is 32.1 Å². The van der Waals surface area contributed by atoms with Gasteiger partial charge in [-0.05, 0) is 49.4 Å². The van der Waals surface area contributed by atoms with E-state index in [1.54, 1.807) is 0 Å². The zero-order chi connectivity index (χ0) is 20.2. The van der Waals surface area contributed by atoms with Crippen LogP contribution in [0.15, 0.2) is 48.5 Å². The molecule has 5 heteroatoms. The van der Waals surface area contributed by atoms with Crippen LogP contribution >= 0.6 is 0 Å². The van der Waals surface area contributed by atoms with E-state index in [0.717, 1.165) is 31.4 Å². The lowest BCUT2D eigenvalue weighted by atomic mass is 9.93. The van der Waals surface area contributed by atoms with E-state index in [1.165, 1.54) is 11.1 Å². The highest BCUT2D eigenvalue weighted by Gasteiger charge is 2.31. The van der Waals surface area contributed by atoms with Crippen molar-refractivity contribution in [1.82, 2.24) is 9.80 Å². The van der Waals surface area contributed by atoms with E-state index in [0.29, 0.717) is 25.4 Å². The molecule has 0 saturated carbocycles. The van der Waals surface area contributed by atoms with Gasteiger partial charge in [-0.25, -0.2) is 0 Å². The molecule has 0 aromatic heterocycles. The summed E-state index contributed by atoms with van der Waals surface area (Å²) >= 11 is 0. The molecule has 0 spiro atoms. The molecule has 1 fully saturated rings. The Morgan fingerprint density at radius 2 is 1.62 bits per heavy atom. The topological polar surface area (TPSA) is 49.9 Å². The van der Waals surface area contributed by atoms with Crippen LogP contribution < -0.4 is 4.74 Å². The number of rotatable bonds is 4. The van der Waals surface area contributed by atoms with Crippen LogP contribution in [-0.4, -0.2) is 47.9 Å². The molecule has 0 N–H and O–H groups in total. The number of benzene rings is 2. The first-order chi connectivity index (χ1) is 14.1. The summed E-state index contributed by atoms with van der Waals surface area (Å²) in [6.07, 6.45) is 2.39. The third-order valence-corrected chi connectivity index (χ3v) is 6.02. The first-order valence-corrected chi connectivity index (χ1v) is 10.4. The highest BCUT2D eigenvalue weighted by atomic mass is 16.5. The van der Waals surface area contributed by atoms with Gasteiger partial charge in [-0.1, -0.05) is 42.0 Å². The van der Waals surface area contributed by atoms with Gasteiger partial charge in [0.1, 0.15) is 5.75 Å². The first-order valence-electron chi connectivity index (χ1n) is 10.4. The van der Waals surface area contributed by atoms with Crippen LogP contribution in [0.3, 0.4) is 0 Å². The lowest BCUT2D eigenvalue weighted by molar-refractivity contribution is -0.142. The lowest BCUT2D eigenvalue weighted by Crippen LogP contribution is -2.46. The standard InChI is InChI=1S/C24H28N2O3/c1-18-6-8-22(9-7-18)29-17-23(27)25-13-11-20(12-14-25)24(28)26-15-10-19-4-2-3-5-21(19)16-26/h2-9,20H,10-17H2,1H3. The maximum Gasteiger partial charge on any atom is 0.260 e. The normalized spacial score (nSPS) is 17.0. The fourth-order valence-electron chi connectivity index (χ4n) is 4.19. The Morgan fingerprint density at radius 3 is 2.34 bits per heavy atom. The second-order valence-electron chi connectivity index (χ2n) is 8.04. The molecule has 0 radical (unpaired) electrons. The van der Waals surface area contributed by atoms with Crippen LogP contribution in [-0.2, 0) is 22.6 Å². The molecule has 1 saturated heterocycles. The molecule has 2 aliphatic heterocycles. The second kappa shape index (κ2) is 8.68. The molecule has 2 aromatic rings. The van der Waals surface area contributed by atoms with E-state index in [2.05, 4.69) is 18.2 Å². The van der Waals surface area contributed by atoms with Gasteiger partial charge in [-0.15, -0.1) is 0 Å². The fourth-order valence-corrected chi connectivity index (χ4v) is 4.19. The summed E-state index contributed by atoms with van der Waals surface area (Å²) in [6.45, 7) is 4.80. The number of piperidine rings is 1. The summed E-state index contributed by atoms with van der Waals surface area (Å²) in [6, 6.07) is 16.1. The average molecular weight is 392 g/mol. The monoisotopic (exact) mass is 392 g/mol. The molecule has 0 aliphatic carbocycles. The largest absolute Gasteiger partial charge is 0.484 e. The lowest BCUT2D eigenvalue weighted by Gasteiger charge is -2.36. The molecule has 2 aliphatic rings. The van der Waals surface area contributed by atoms with Gasteiger partial charge in [0.05, 0.1) is 0 Å². The van der Waals surface area contributed by atoms with Crippen molar-refractivity contribution in [1.29, 1.82) is 0 Å². The minimum atomic E-state index is -0.0108. The molecular formula is C24H28N2O3. The van der Waals surface area contributed by atoms with Crippen molar-refractivity contribution < 1.29 is 14.3 Å². The molecule has 0 bridgehead atoms. The summed E-state index contributed by atoms with van der Waals surface area (Å²) < 4.78 is 5.61. The van der Waals surface area contributed by atoms with E-state index in [-0.39, 0.29) is 24.3 Å². The fraction of sp³-hybridized carbons (Fsp3) is 0.417. The highest BCUT2D eigenvalue weighted by Crippen LogP contribution is 2.25. The number of hydrogen-bond acceptors (Lipinski definition) is 3. The van der Waals surface area contributed by atoms with Gasteiger partial charge in [0.15, 0.2) is 6.61 Å². The van der Waals surface area contributed by atoms with Gasteiger partial charge in [0.25, 0.3) is 5.91 Å². The second-order valence-corrected chi connectivity index (χ2v) is 8.04. The third-order valence-electron chi connectivity index (χ3n) is 6.02. The molecule has 2 amide bonds. The van der Waals surface area contributed by atoms with Gasteiger partial charge in [-0.3, -0.25) is 9.59 Å². The zero-order valence-corrected chi connectivity index (χ0v) is 17.0. The van der Waals surface area contributed by atoms with Crippen molar-refractivity contribution in [3.05, 3.63) is 65.2 Å². The number of likely N-dealkylation sites (tertiary alicyclic amines) is 1. The van der Waals surface area contributed by atoms with Gasteiger partial charge >= 0.3 is 0 Å². The van der Waals surface area contributed by atoms with E-state index in [4.69, 9.17) is 4.74 Å². The van der Waals surface area contributed by atoms with Crippen LogP contribution in [0.4, 0.5) is 0 Å². The van der Waals surface area contributed by atoms with Crippen LogP contribution in [0.1, 0.15) is 29.5 Å². The minimum Gasteiger partial charge on any atom is -0.484 e. The van der Waals surface area contributed by atoms with Crippen molar-refractivity contribution in [3.63, 3.8) is 0 Å². The Morgan fingerprint density at radius 1 is 0.931 bits per heavy atom. The summed E-state index contributed by atoms with van der Waals surface area (Å²) in [7, 11) is 0. The number of carbonyl (C=O) groups excluding carboxylic acids is 2. The molecule has 0 unspecified atom stereocenters. The Balaban J connectivity index is 1.25. The van der Waals surface area contributed by atoms with Gasteiger partial charge < -0.3 is 14.5 Å². The Kier molecular flexibility index (Phi) is 5.84. The Labute approximate surface area is 172 Å². The van der Waals surface area contributed by atoms with E-state index in [1.807, 2.05) is 47.1 Å². The number of carbonyl (C=O) groups is 2. The van der Waals surface area contributed by atoms with Crippen molar-refractivity contribution in [3.8, 4) is 5.75 Å². The SMILES string of the molecule is Cc1ccc(OCC(=O)N2CCC(C(=O)N3CCc4ccccc4C3)CC2)cc1. The molecule has 29 heavy (non-hydrogen) atoms. The molecule has 4 rings (SSSR count). The van der Waals surface area contributed by atoms with Crippen molar-refractivity contribution in [2.24, 2.45) is 5.92 Å². The van der Waals surface area contributed by atoms with Crippen LogP contribution in [0.5, 0.6) is 5.75 Å². The van der Waals surface area contributed by atoms with Crippen molar-refractivity contribution >= 4 is 11.8 Å². The van der Waals surface area contributed by atoms with E-state index < -0.39 is 0 Å². The molecule has 2 heterocycles. The number of ether oxygens (including phenoxy) is 1. The summed E-state index contributed by atoms with van der Waals surface area (Å²) in [4.78, 5) is 29.2. The molecule has 0 atom stereocenters. The maximum atomic E-state index is 13.0. The number of nitrogens with zero attached hydrogens (tertiary/aromatic N) is 2. The van der Waals surface area contributed by atoms with E-state index in [9.17, 15) is 9.59 Å². The van der Waals surface area contributed by atoms with Crippen LogP contribution in [0.2, 0.25) is 0 Å². The first kappa shape index (κ1) is 19.5. The molecule has 152 valence electrons. The smallest absolute Gasteiger partial charge is 0.260 e. The number of fused-ring (bicyclic) bond motifs is 1. The average Bonchev–Trinajstić information content (AvgIpc) is 2.78. The van der Waals surface area contributed by atoms with Crippen LogP contribution in [0.25, 0.3) is 0 Å². The summed E-state index contributed by atoms with van der Waals surface area (Å²) in [5.74, 6) is 0.951.